The molecule has 0 saturated carbocycles. The molecule has 3 N–H and O–H groups in total. The van der Waals surface area contributed by atoms with E-state index in [0.717, 1.165) is 11.1 Å². The van der Waals surface area contributed by atoms with Crippen LogP contribution in [0, 0.1) is 13.8 Å². The molecule has 0 aliphatic carbocycles. The number of ether oxygens (including phenoxy) is 1. The van der Waals surface area contributed by atoms with Crippen molar-refractivity contribution in [3.63, 3.8) is 0 Å². The summed E-state index contributed by atoms with van der Waals surface area (Å²) < 4.78 is 29.0. The smallest absolute Gasteiger partial charge is 0.209 e. The third kappa shape index (κ3) is 2.59. The average Bonchev–Trinajstić information content (AvgIpc) is 2.30. The fourth-order valence-corrected chi connectivity index (χ4v) is 2.73. The molecule has 0 radical (unpaired) electrons. The largest absolute Gasteiger partial charge is 0.495 e. The van der Waals surface area contributed by atoms with Crippen molar-refractivity contribution < 1.29 is 18.3 Å². The molecule has 0 bridgehead atoms. The highest BCUT2D eigenvalue weighted by Gasteiger charge is 2.27. The molecule has 5 nitrogen and oxygen atoms in total. The number of sulfone groups is 1. The minimum absolute atomic E-state index is 0.0268. The maximum absolute atomic E-state index is 12.0. The van der Waals surface area contributed by atoms with Gasteiger partial charge in [-0.1, -0.05) is 0 Å². The van der Waals surface area contributed by atoms with Crippen molar-refractivity contribution >= 4 is 9.84 Å². The lowest BCUT2D eigenvalue weighted by molar-refractivity contribution is 0.255. The van der Waals surface area contributed by atoms with E-state index in [2.05, 4.69) is 0 Å². The maximum atomic E-state index is 12.0. The second kappa shape index (κ2) is 5.03. The molecule has 1 aromatic carbocycles. The van der Waals surface area contributed by atoms with E-state index in [9.17, 15) is 13.5 Å². The van der Waals surface area contributed by atoms with Gasteiger partial charge < -0.3 is 15.6 Å². The van der Waals surface area contributed by atoms with Crippen LogP contribution < -0.4 is 10.5 Å². The molecule has 1 unspecified atom stereocenters. The molecule has 6 heteroatoms. The Morgan fingerprint density at radius 3 is 2.35 bits per heavy atom. The van der Waals surface area contributed by atoms with E-state index in [1.165, 1.54) is 13.2 Å². The van der Waals surface area contributed by atoms with Crippen molar-refractivity contribution in [1.82, 2.24) is 0 Å². The lowest BCUT2D eigenvalue weighted by Crippen LogP contribution is -2.29. The van der Waals surface area contributed by atoms with Gasteiger partial charge in [0.15, 0.2) is 5.44 Å². The molecule has 1 aromatic rings. The number of nitrogens with two attached hydrogens (primary N) is 1. The molecule has 0 heterocycles. The van der Waals surface area contributed by atoms with Crippen molar-refractivity contribution in [3.8, 4) is 5.75 Å². The molecule has 0 spiro atoms. The van der Waals surface area contributed by atoms with Crippen LogP contribution in [0.5, 0.6) is 5.75 Å². The highest BCUT2D eigenvalue weighted by molar-refractivity contribution is 7.92. The molecule has 1 rings (SSSR count). The Labute approximate surface area is 101 Å². The predicted octanol–water partition coefficient (Wildman–Crippen LogP) is 0.363. The second-order valence-corrected chi connectivity index (χ2v) is 5.90. The Kier molecular flexibility index (Phi) is 4.13. The first-order chi connectivity index (χ1) is 7.84. The third-order valence-corrected chi connectivity index (χ3v) is 4.49. The number of aryl methyl sites for hydroxylation is 2. The van der Waals surface area contributed by atoms with Gasteiger partial charge >= 0.3 is 0 Å². The van der Waals surface area contributed by atoms with Gasteiger partial charge in [0.05, 0.1) is 7.11 Å². The summed E-state index contributed by atoms with van der Waals surface area (Å²) in [5.74, 6) is 0.223. The summed E-state index contributed by atoms with van der Waals surface area (Å²) in [4.78, 5) is -0.0268. The number of hydrogen-bond acceptors (Lipinski definition) is 5. The maximum Gasteiger partial charge on any atom is 0.209 e. The fraction of sp³-hybridized carbons (Fsp3) is 0.455. The van der Waals surface area contributed by atoms with E-state index in [0.29, 0.717) is 0 Å². The number of aliphatic hydroxyl groups is 1. The molecule has 0 fully saturated rings. The fourth-order valence-electron chi connectivity index (χ4n) is 1.42. The summed E-state index contributed by atoms with van der Waals surface area (Å²) in [5.41, 5.74) is 5.31. The van der Waals surface area contributed by atoms with Crippen LogP contribution in [0.15, 0.2) is 17.0 Å². The number of rotatable bonds is 4. The van der Waals surface area contributed by atoms with Gasteiger partial charge in [-0.25, -0.2) is 8.42 Å². The Balaban J connectivity index is 3.45. The second-order valence-electron chi connectivity index (χ2n) is 3.82. The molecule has 0 aliphatic heterocycles. The Morgan fingerprint density at radius 1 is 1.35 bits per heavy atom. The number of methoxy groups -OCH3 is 1. The van der Waals surface area contributed by atoms with E-state index < -0.39 is 15.3 Å². The van der Waals surface area contributed by atoms with Gasteiger partial charge in [-0.2, -0.15) is 0 Å². The molecular weight excluding hydrogens is 242 g/mol. The highest BCUT2D eigenvalue weighted by Crippen LogP contribution is 2.29. The SMILES string of the molecule is COc1cc(C)c(C)cc1S(=O)(=O)C(O)CN. The average molecular weight is 259 g/mol. The molecule has 17 heavy (non-hydrogen) atoms. The van der Waals surface area contributed by atoms with Gasteiger partial charge in [0.25, 0.3) is 0 Å². The van der Waals surface area contributed by atoms with Crippen LogP contribution in [-0.4, -0.2) is 32.6 Å². The molecule has 0 amide bonds. The van der Waals surface area contributed by atoms with Crippen LogP contribution in [0.25, 0.3) is 0 Å². The monoisotopic (exact) mass is 259 g/mol. The summed E-state index contributed by atoms with van der Waals surface area (Å²) >= 11 is 0. The number of aliphatic hydroxyl groups excluding tert-OH is 1. The Bertz CT molecular complexity index is 510. The number of benzene rings is 1. The van der Waals surface area contributed by atoms with Crippen LogP contribution in [-0.2, 0) is 9.84 Å². The molecule has 0 aromatic heterocycles. The quantitative estimate of drug-likeness (QED) is 0.815. The molecule has 1 atom stereocenters. The normalized spacial score (nSPS) is 13.5. The Hall–Kier alpha value is -1.11. The minimum atomic E-state index is -3.87. The zero-order chi connectivity index (χ0) is 13.2. The number of hydrogen-bond donors (Lipinski definition) is 2. The van der Waals surface area contributed by atoms with Gasteiger partial charge in [-0.15, -0.1) is 0 Å². The van der Waals surface area contributed by atoms with Crippen molar-refractivity contribution in [2.24, 2.45) is 5.73 Å². The predicted molar refractivity (Wildman–Crippen MR) is 64.7 cm³/mol. The summed E-state index contributed by atoms with van der Waals surface area (Å²) in [7, 11) is -2.48. The van der Waals surface area contributed by atoms with E-state index in [1.54, 1.807) is 13.0 Å². The van der Waals surface area contributed by atoms with Crippen molar-refractivity contribution in [3.05, 3.63) is 23.3 Å². The van der Waals surface area contributed by atoms with Crippen LogP contribution >= 0.6 is 0 Å². The molecule has 0 aliphatic rings. The lowest BCUT2D eigenvalue weighted by Gasteiger charge is -2.15. The lowest BCUT2D eigenvalue weighted by atomic mass is 10.1. The van der Waals surface area contributed by atoms with Crippen LogP contribution in [0.1, 0.15) is 11.1 Å². The van der Waals surface area contributed by atoms with Crippen molar-refractivity contribution in [1.29, 1.82) is 0 Å². The van der Waals surface area contributed by atoms with Gasteiger partial charge in [0, 0.05) is 6.54 Å². The molecule has 96 valence electrons. The van der Waals surface area contributed by atoms with E-state index in [4.69, 9.17) is 10.5 Å². The van der Waals surface area contributed by atoms with Crippen molar-refractivity contribution in [2.75, 3.05) is 13.7 Å². The highest BCUT2D eigenvalue weighted by atomic mass is 32.2. The summed E-state index contributed by atoms with van der Waals surface area (Å²) in [5, 5.41) is 9.45. The third-order valence-electron chi connectivity index (χ3n) is 2.65. The topological polar surface area (TPSA) is 89.6 Å². The zero-order valence-electron chi connectivity index (χ0n) is 10.1. The first-order valence-electron chi connectivity index (χ1n) is 5.11. The molecule has 0 saturated heterocycles. The van der Waals surface area contributed by atoms with E-state index in [1.807, 2.05) is 6.92 Å². The van der Waals surface area contributed by atoms with Crippen LogP contribution in [0.3, 0.4) is 0 Å². The van der Waals surface area contributed by atoms with E-state index >= 15 is 0 Å². The van der Waals surface area contributed by atoms with E-state index in [-0.39, 0.29) is 17.2 Å². The van der Waals surface area contributed by atoms with Gasteiger partial charge in [0.2, 0.25) is 9.84 Å². The molecular formula is C11H17NO4S. The summed E-state index contributed by atoms with van der Waals surface area (Å²) in [6.07, 6.45) is 0. The standard InChI is InChI=1S/C11H17NO4S/c1-7-4-9(16-3)10(5-8(7)2)17(14,15)11(13)6-12/h4-5,11,13H,6,12H2,1-3H3. The summed E-state index contributed by atoms with van der Waals surface area (Å²) in [6, 6.07) is 3.12. The van der Waals surface area contributed by atoms with Gasteiger partial charge in [0.1, 0.15) is 10.6 Å². The zero-order valence-corrected chi connectivity index (χ0v) is 10.9. The first-order valence-corrected chi connectivity index (χ1v) is 6.66. The van der Waals surface area contributed by atoms with Crippen molar-refractivity contribution in [2.45, 2.75) is 24.2 Å². The van der Waals surface area contributed by atoms with Gasteiger partial charge in [-0.05, 0) is 37.1 Å². The first kappa shape index (κ1) is 14.0. The van der Waals surface area contributed by atoms with Gasteiger partial charge in [-0.3, -0.25) is 0 Å². The Morgan fingerprint density at radius 2 is 1.88 bits per heavy atom. The summed E-state index contributed by atoms with van der Waals surface area (Å²) in [6.45, 7) is 3.30. The minimum Gasteiger partial charge on any atom is -0.495 e. The van der Waals surface area contributed by atoms with Crippen LogP contribution in [0.2, 0.25) is 0 Å². The van der Waals surface area contributed by atoms with Crippen LogP contribution in [0.4, 0.5) is 0 Å².